The summed E-state index contributed by atoms with van der Waals surface area (Å²) in [7, 11) is 0. The van der Waals surface area contributed by atoms with E-state index < -0.39 is 17.7 Å². The minimum atomic E-state index is -0.825. The number of rotatable bonds is 3. The standard InChI is InChI=1S/C26H23NO4/c1-16-8-12-20(13-9-16)27-23(21-7-4-14-31-21)22(25(29)26(27)30)24(28)19-11-10-17-5-2-3-6-18(17)15-19/h4,7-15,23,28H,2-3,5-6H2,1H3/b24-22-. The van der Waals surface area contributed by atoms with Gasteiger partial charge < -0.3 is 9.52 Å². The molecule has 31 heavy (non-hydrogen) atoms. The van der Waals surface area contributed by atoms with Crippen LogP contribution in [0.25, 0.3) is 5.76 Å². The molecule has 0 saturated carbocycles. The number of anilines is 1. The van der Waals surface area contributed by atoms with Gasteiger partial charge in [0.2, 0.25) is 0 Å². The van der Waals surface area contributed by atoms with Crippen molar-refractivity contribution in [2.75, 3.05) is 4.90 Å². The van der Waals surface area contributed by atoms with Gasteiger partial charge in [0.05, 0.1) is 11.8 Å². The summed E-state index contributed by atoms with van der Waals surface area (Å²) in [4.78, 5) is 27.6. The lowest BCUT2D eigenvalue weighted by Gasteiger charge is -2.23. The molecule has 1 atom stereocenters. The molecule has 0 spiro atoms. The van der Waals surface area contributed by atoms with Crippen LogP contribution < -0.4 is 4.90 Å². The molecule has 0 bridgehead atoms. The van der Waals surface area contributed by atoms with Gasteiger partial charge in [-0.15, -0.1) is 0 Å². The molecule has 1 amide bonds. The molecule has 5 nitrogen and oxygen atoms in total. The molecule has 1 aliphatic heterocycles. The molecule has 2 aromatic carbocycles. The number of ketones is 1. The van der Waals surface area contributed by atoms with Crippen LogP contribution in [0.3, 0.4) is 0 Å². The van der Waals surface area contributed by atoms with Crippen molar-refractivity contribution in [1.82, 2.24) is 0 Å². The van der Waals surface area contributed by atoms with Crippen LogP contribution in [0.15, 0.2) is 70.9 Å². The molecule has 1 saturated heterocycles. The molecule has 0 radical (unpaired) electrons. The maximum absolute atomic E-state index is 13.1. The van der Waals surface area contributed by atoms with Crippen LogP contribution in [0, 0.1) is 6.92 Å². The van der Waals surface area contributed by atoms with Crippen molar-refractivity contribution in [1.29, 1.82) is 0 Å². The van der Waals surface area contributed by atoms with Gasteiger partial charge in [0.15, 0.2) is 0 Å². The number of hydrogen-bond donors (Lipinski definition) is 1. The van der Waals surface area contributed by atoms with Crippen LogP contribution in [-0.4, -0.2) is 16.8 Å². The van der Waals surface area contributed by atoms with Crippen LogP contribution in [0.1, 0.15) is 46.9 Å². The third kappa shape index (κ3) is 3.26. The van der Waals surface area contributed by atoms with Crippen molar-refractivity contribution in [3.05, 3.63) is 94.4 Å². The number of hydrogen-bond acceptors (Lipinski definition) is 4. The van der Waals surface area contributed by atoms with E-state index >= 15 is 0 Å². The van der Waals surface area contributed by atoms with Gasteiger partial charge in [-0.3, -0.25) is 14.5 Å². The fraction of sp³-hybridized carbons (Fsp3) is 0.231. The minimum Gasteiger partial charge on any atom is -0.507 e. The highest BCUT2D eigenvalue weighted by molar-refractivity contribution is 6.51. The second-order valence-electron chi connectivity index (χ2n) is 8.21. The Labute approximate surface area is 180 Å². The van der Waals surface area contributed by atoms with Gasteiger partial charge in [-0.2, -0.15) is 0 Å². The Balaban J connectivity index is 1.66. The first kappa shape index (κ1) is 19.4. The molecule has 2 aliphatic rings. The predicted octanol–water partition coefficient (Wildman–Crippen LogP) is 5.09. The number of carbonyl (C=O) groups is 2. The summed E-state index contributed by atoms with van der Waals surface area (Å²) >= 11 is 0. The lowest BCUT2D eigenvalue weighted by molar-refractivity contribution is -0.132. The molecule has 5 rings (SSSR count). The Kier molecular flexibility index (Phi) is 4.74. The molecule has 1 aliphatic carbocycles. The number of Topliss-reactive ketones (excluding diaryl/α,β-unsaturated/α-hetero) is 1. The third-order valence-corrected chi connectivity index (χ3v) is 6.19. The van der Waals surface area contributed by atoms with Crippen LogP contribution in [0.4, 0.5) is 5.69 Å². The van der Waals surface area contributed by atoms with E-state index in [1.165, 1.54) is 28.7 Å². The molecule has 1 aromatic heterocycles. The number of furan rings is 1. The van der Waals surface area contributed by atoms with E-state index in [0.29, 0.717) is 17.0 Å². The minimum absolute atomic E-state index is 0.0521. The number of aryl methyl sites for hydroxylation is 3. The van der Waals surface area contributed by atoms with E-state index in [0.717, 1.165) is 24.8 Å². The molecule has 1 N–H and O–H groups in total. The van der Waals surface area contributed by atoms with Gasteiger partial charge in [0.1, 0.15) is 17.6 Å². The Morgan fingerprint density at radius 3 is 2.45 bits per heavy atom. The molecule has 5 heteroatoms. The number of aliphatic hydroxyl groups excluding tert-OH is 1. The zero-order valence-corrected chi connectivity index (χ0v) is 17.3. The maximum Gasteiger partial charge on any atom is 0.300 e. The number of aliphatic hydroxyl groups is 1. The average Bonchev–Trinajstić information content (AvgIpc) is 3.41. The van der Waals surface area contributed by atoms with E-state index in [9.17, 15) is 14.7 Å². The zero-order valence-electron chi connectivity index (χ0n) is 17.3. The Hall–Kier alpha value is -3.60. The topological polar surface area (TPSA) is 70.8 Å². The Morgan fingerprint density at radius 2 is 1.74 bits per heavy atom. The van der Waals surface area contributed by atoms with Crippen LogP contribution in [0.5, 0.6) is 0 Å². The van der Waals surface area contributed by atoms with Crippen molar-refractivity contribution < 1.29 is 19.1 Å². The number of nitrogens with zero attached hydrogens (tertiary/aromatic N) is 1. The van der Waals surface area contributed by atoms with Gasteiger partial charge in [-0.1, -0.05) is 29.8 Å². The second kappa shape index (κ2) is 7.58. The third-order valence-electron chi connectivity index (χ3n) is 6.19. The highest BCUT2D eigenvalue weighted by Gasteiger charge is 2.48. The van der Waals surface area contributed by atoms with Gasteiger partial charge in [0.25, 0.3) is 11.7 Å². The molecule has 156 valence electrons. The number of carbonyl (C=O) groups excluding carboxylic acids is 2. The average molecular weight is 413 g/mol. The normalized spacial score (nSPS) is 20.2. The Bertz CT molecular complexity index is 1190. The molecule has 1 unspecified atom stereocenters. The Morgan fingerprint density at radius 1 is 1.00 bits per heavy atom. The van der Waals surface area contributed by atoms with Crippen molar-refractivity contribution >= 4 is 23.1 Å². The van der Waals surface area contributed by atoms with Crippen LogP contribution in [0.2, 0.25) is 0 Å². The number of fused-ring (bicyclic) bond motifs is 1. The lowest BCUT2D eigenvalue weighted by atomic mass is 9.89. The molecule has 2 heterocycles. The monoisotopic (exact) mass is 413 g/mol. The van der Waals surface area contributed by atoms with Gasteiger partial charge in [-0.05, 0) is 74.1 Å². The largest absolute Gasteiger partial charge is 0.507 e. The van der Waals surface area contributed by atoms with Gasteiger partial charge in [-0.25, -0.2) is 0 Å². The van der Waals surface area contributed by atoms with E-state index in [1.54, 1.807) is 24.3 Å². The molecule has 1 fully saturated rings. The summed E-state index contributed by atoms with van der Waals surface area (Å²) < 4.78 is 5.60. The molecule has 3 aromatic rings. The highest BCUT2D eigenvalue weighted by atomic mass is 16.3. The fourth-order valence-corrected chi connectivity index (χ4v) is 4.56. The zero-order chi connectivity index (χ0) is 21.5. The summed E-state index contributed by atoms with van der Waals surface area (Å²) in [5.41, 5.74) is 4.71. The smallest absolute Gasteiger partial charge is 0.300 e. The first-order valence-electron chi connectivity index (χ1n) is 10.6. The van der Waals surface area contributed by atoms with E-state index in [2.05, 4.69) is 0 Å². The van der Waals surface area contributed by atoms with Gasteiger partial charge >= 0.3 is 0 Å². The van der Waals surface area contributed by atoms with E-state index in [-0.39, 0.29) is 11.3 Å². The van der Waals surface area contributed by atoms with E-state index in [4.69, 9.17) is 4.42 Å². The summed E-state index contributed by atoms with van der Waals surface area (Å²) in [5.74, 6) is -1.12. The summed E-state index contributed by atoms with van der Waals surface area (Å²) in [5, 5.41) is 11.2. The maximum atomic E-state index is 13.1. The predicted molar refractivity (Wildman–Crippen MR) is 118 cm³/mol. The van der Waals surface area contributed by atoms with Gasteiger partial charge in [0, 0.05) is 11.3 Å². The van der Waals surface area contributed by atoms with Crippen LogP contribution in [-0.2, 0) is 22.4 Å². The molecular weight excluding hydrogens is 390 g/mol. The van der Waals surface area contributed by atoms with Crippen molar-refractivity contribution in [2.45, 2.75) is 38.6 Å². The van der Waals surface area contributed by atoms with Crippen molar-refractivity contribution in [2.24, 2.45) is 0 Å². The number of benzene rings is 2. The lowest BCUT2D eigenvalue weighted by Crippen LogP contribution is -2.29. The quantitative estimate of drug-likeness (QED) is 0.369. The van der Waals surface area contributed by atoms with Crippen molar-refractivity contribution in [3.63, 3.8) is 0 Å². The first-order valence-corrected chi connectivity index (χ1v) is 10.6. The first-order chi connectivity index (χ1) is 15.0. The van der Waals surface area contributed by atoms with Crippen LogP contribution >= 0.6 is 0 Å². The summed E-state index contributed by atoms with van der Waals surface area (Å²) in [6, 6.07) is 15.8. The summed E-state index contributed by atoms with van der Waals surface area (Å²) in [6.45, 7) is 1.96. The summed E-state index contributed by atoms with van der Waals surface area (Å²) in [6.07, 6.45) is 5.76. The fourth-order valence-electron chi connectivity index (χ4n) is 4.56. The van der Waals surface area contributed by atoms with Crippen molar-refractivity contribution in [3.8, 4) is 0 Å². The number of amides is 1. The SMILES string of the molecule is Cc1ccc(N2C(=O)C(=O)/C(=C(\O)c3ccc4c(c3)CCCC4)C2c2ccco2)cc1. The second-order valence-corrected chi connectivity index (χ2v) is 8.21. The molecular formula is C26H23NO4. The highest BCUT2D eigenvalue weighted by Crippen LogP contribution is 2.42. The van der Waals surface area contributed by atoms with E-state index in [1.807, 2.05) is 37.3 Å².